The summed E-state index contributed by atoms with van der Waals surface area (Å²) in [5.41, 5.74) is 0.856. The lowest BCUT2D eigenvalue weighted by Gasteiger charge is -1.90. The minimum atomic E-state index is -1.31. The van der Waals surface area contributed by atoms with Gasteiger partial charge in [-0.15, -0.1) is 11.3 Å². The molecule has 2 aromatic rings. The third-order valence-electron chi connectivity index (χ3n) is 1.46. The average Bonchev–Trinajstić information content (AvgIpc) is 2.57. The molecule has 0 aliphatic rings. The van der Waals surface area contributed by atoms with Gasteiger partial charge in [-0.1, -0.05) is 12.1 Å². The Labute approximate surface area is 87.7 Å². The fraction of sp³-hybridized carbons (Fsp3) is 0. The summed E-state index contributed by atoms with van der Waals surface area (Å²) in [6, 6.07) is 7.59. The number of aromatic nitrogens is 1. The second kappa shape index (κ2) is 3.85. The van der Waals surface area contributed by atoms with Crippen molar-refractivity contribution in [3.63, 3.8) is 0 Å². The Bertz CT molecular complexity index is 435. The molecule has 1 N–H and O–H groups in total. The van der Waals surface area contributed by atoms with Crippen molar-refractivity contribution in [1.29, 1.82) is 0 Å². The van der Waals surface area contributed by atoms with Gasteiger partial charge in [-0.3, -0.25) is 0 Å². The summed E-state index contributed by atoms with van der Waals surface area (Å²) >= 11 is 2.16. The number of hydrogen-bond donors (Lipinski definition) is 1. The molecule has 0 fully saturated rings. The van der Waals surface area contributed by atoms with Gasteiger partial charge in [0.25, 0.3) is 0 Å². The predicted molar refractivity (Wildman–Crippen MR) is 54.6 cm³/mol. The molecule has 1 heterocycles. The highest BCUT2D eigenvalue weighted by atomic mass is 32.2. The van der Waals surface area contributed by atoms with Gasteiger partial charge in [0.05, 0.1) is 10.2 Å². The molecule has 0 aliphatic heterocycles. The Morgan fingerprint density at radius 2 is 2.29 bits per heavy atom. The maximum Gasteiger partial charge on any atom is 0.518 e. The number of fused-ring (bicyclic) bond motifs is 1. The quantitative estimate of drug-likeness (QED) is 0.799. The molecule has 1 aromatic heterocycles. The first-order valence-electron chi connectivity index (χ1n) is 3.69. The van der Waals surface area contributed by atoms with Crippen molar-refractivity contribution in [2.45, 2.75) is 4.34 Å². The van der Waals surface area contributed by atoms with E-state index in [0.29, 0.717) is 4.34 Å². The minimum Gasteiger partial charge on any atom is -0.449 e. The van der Waals surface area contributed by atoms with Crippen LogP contribution in [0, 0.1) is 0 Å². The van der Waals surface area contributed by atoms with Gasteiger partial charge in [0.1, 0.15) is 12.0 Å². The van der Waals surface area contributed by atoms with Crippen LogP contribution in [-0.2, 0) is 4.18 Å². The van der Waals surface area contributed by atoms with Crippen LogP contribution < -0.4 is 0 Å². The van der Waals surface area contributed by atoms with Crippen molar-refractivity contribution in [3.8, 4) is 0 Å². The average molecular weight is 227 g/mol. The van der Waals surface area contributed by atoms with Crippen LogP contribution in [0.3, 0.4) is 0 Å². The first-order chi connectivity index (χ1) is 6.75. The molecular weight excluding hydrogens is 222 g/mol. The number of rotatable bonds is 2. The normalized spacial score (nSPS) is 10.3. The Morgan fingerprint density at radius 1 is 1.50 bits per heavy atom. The Hall–Kier alpha value is -1.27. The summed E-state index contributed by atoms with van der Waals surface area (Å²) in [7, 11) is 0. The van der Waals surface area contributed by atoms with E-state index < -0.39 is 6.16 Å². The highest BCUT2D eigenvalue weighted by Crippen LogP contribution is 2.29. The van der Waals surface area contributed by atoms with Crippen molar-refractivity contribution in [2.24, 2.45) is 0 Å². The highest BCUT2D eigenvalue weighted by Gasteiger charge is 2.06. The van der Waals surface area contributed by atoms with Crippen LogP contribution in [-0.4, -0.2) is 16.2 Å². The van der Waals surface area contributed by atoms with E-state index in [1.807, 2.05) is 24.3 Å². The molecule has 0 saturated heterocycles. The van der Waals surface area contributed by atoms with Gasteiger partial charge < -0.3 is 9.29 Å². The van der Waals surface area contributed by atoms with E-state index in [4.69, 9.17) is 5.11 Å². The monoisotopic (exact) mass is 227 g/mol. The van der Waals surface area contributed by atoms with Crippen LogP contribution in [0.1, 0.15) is 0 Å². The molecule has 0 spiro atoms. The van der Waals surface area contributed by atoms with E-state index in [1.165, 1.54) is 11.3 Å². The number of para-hydroxylation sites is 1. The van der Waals surface area contributed by atoms with Crippen molar-refractivity contribution in [2.75, 3.05) is 0 Å². The van der Waals surface area contributed by atoms with E-state index >= 15 is 0 Å². The molecule has 4 nitrogen and oxygen atoms in total. The molecule has 1 aromatic carbocycles. The van der Waals surface area contributed by atoms with E-state index in [9.17, 15) is 4.79 Å². The predicted octanol–water partition coefficient (Wildman–Crippen LogP) is 3.00. The first-order valence-corrected chi connectivity index (χ1v) is 5.24. The molecule has 72 valence electrons. The number of thiazole rings is 1. The topological polar surface area (TPSA) is 59.4 Å². The second-order valence-corrected chi connectivity index (χ2v) is 4.39. The van der Waals surface area contributed by atoms with Gasteiger partial charge in [0, 0.05) is 0 Å². The molecule has 0 unspecified atom stereocenters. The molecule has 0 bridgehead atoms. The molecular formula is C8H5NO3S2. The maximum atomic E-state index is 10.1. The van der Waals surface area contributed by atoms with Gasteiger partial charge in [0.2, 0.25) is 0 Å². The van der Waals surface area contributed by atoms with Crippen LogP contribution >= 0.6 is 23.4 Å². The zero-order valence-corrected chi connectivity index (χ0v) is 8.47. The van der Waals surface area contributed by atoms with Gasteiger partial charge in [-0.25, -0.2) is 9.78 Å². The number of hydrogen-bond acceptors (Lipinski definition) is 5. The Balaban J connectivity index is 2.22. The molecule has 6 heteroatoms. The molecule has 0 saturated carbocycles. The van der Waals surface area contributed by atoms with E-state index in [1.54, 1.807) is 0 Å². The molecule has 14 heavy (non-hydrogen) atoms. The third kappa shape index (κ3) is 1.97. The molecule has 0 radical (unpaired) electrons. The van der Waals surface area contributed by atoms with Crippen LogP contribution in [0.15, 0.2) is 28.6 Å². The fourth-order valence-electron chi connectivity index (χ4n) is 0.958. The largest absolute Gasteiger partial charge is 0.518 e. The lowest BCUT2D eigenvalue weighted by atomic mass is 10.3. The van der Waals surface area contributed by atoms with Crippen molar-refractivity contribution in [3.05, 3.63) is 24.3 Å². The van der Waals surface area contributed by atoms with Crippen LogP contribution in [0.5, 0.6) is 0 Å². The number of carboxylic acid groups (broad SMARTS) is 1. The molecule has 0 aliphatic carbocycles. The molecule has 2 rings (SSSR count). The van der Waals surface area contributed by atoms with Crippen molar-refractivity contribution in [1.82, 2.24) is 4.98 Å². The second-order valence-electron chi connectivity index (χ2n) is 2.38. The Kier molecular flexibility index (Phi) is 2.55. The summed E-state index contributed by atoms with van der Waals surface area (Å²) < 4.78 is 5.95. The fourth-order valence-corrected chi connectivity index (χ4v) is 2.44. The van der Waals surface area contributed by atoms with Crippen LogP contribution in [0.2, 0.25) is 0 Å². The number of carbonyl (C=O) groups is 1. The zero-order chi connectivity index (χ0) is 9.97. The minimum absolute atomic E-state index is 0.591. The Morgan fingerprint density at radius 3 is 3.00 bits per heavy atom. The SMILES string of the molecule is O=C(O)OSc1nc2ccccc2s1. The van der Waals surface area contributed by atoms with Gasteiger partial charge in [-0.05, 0) is 12.1 Å². The van der Waals surface area contributed by atoms with Crippen molar-refractivity contribution < 1.29 is 14.1 Å². The van der Waals surface area contributed by atoms with E-state index in [-0.39, 0.29) is 0 Å². The molecule has 0 amide bonds. The summed E-state index contributed by atoms with van der Waals surface area (Å²) in [6.07, 6.45) is -1.31. The maximum absolute atomic E-state index is 10.1. The standard InChI is InChI=1S/C8H5NO3S2/c10-8(11)12-14-7-9-5-3-1-2-4-6(5)13-7/h1-4H,(H,10,11). The third-order valence-corrected chi connectivity index (χ3v) is 3.20. The summed E-state index contributed by atoms with van der Waals surface area (Å²) in [4.78, 5) is 14.3. The van der Waals surface area contributed by atoms with E-state index in [2.05, 4.69) is 9.17 Å². The van der Waals surface area contributed by atoms with Crippen LogP contribution in [0.4, 0.5) is 4.79 Å². The van der Waals surface area contributed by atoms with Crippen LogP contribution in [0.25, 0.3) is 10.2 Å². The highest BCUT2D eigenvalue weighted by molar-refractivity contribution is 7.97. The molecule has 0 atom stereocenters. The van der Waals surface area contributed by atoms with Gasteiger partial charge in [-0.2, -0.15) is 0 Å². The summed E-state index contributed by atoms with van der Waals surface area (Å²) in [5, 5.41) is 8.28. The smallest absolute Gasteiger partial charge is 0.449 e. The lowest BCUT2D eigenvalue weighted by molar-refractivity contribution is 0.153. The first kappa shape index (κ1) is 9.29. The van der Waals surface area contributed by atoms with E-state index in [0.717, 1.165) is 22.3 Å². The van der Waals surface area contributed by atoms with Gasteiger partial charge >= 0.3 is 6.16 Å². The number of nitrogens with zero attached hydrogens (tertiary/aromatic N) is 1. The summed E-state index contributed by atoms with van der Waals surface area (Å²) in [5.74, 6) is 0. The zero-order valence-electron chi connectivity index (χ0n) is 6.84. The van der Waals surface area contributed by atoms with Gasteiger partial charge in [0.15, 0.2) is 4.34 Å². The lowest BCUT2D eigenvalue weighted by Crippen LogP contribution is -1.90. The number of benzene rings is 1. The summed E-state index contributed by atoms with van der Waals surface area (Å²) in [6.45, 7) is 0. The van der Waals surface area contributed by atoms with Crippen molar-refractivity contribution >= 4 is 39.8 Å².